The first-order chi connectivity index (χ1) is 13.2. The van der Waals surface area contributed by atoms with Gasteiger partial charge in [-0.1, -0.05) is 31.4 Å². The topological polar surface area (TPSA) is 65.6 Å². The summed E-state index contributed by atoms with van der Waals surface area (Å²) in [6.45, 7) is 1.99. The van der Waals surface area contributed by atoms with Crippen molar-refractivity contribution in [3.05, 3.63) is 35.6 Å². The van der Waals surface area contributed by atoms with Crippen LogP contribution in [0.5, 0.6) is 0 Å². The Hall–Kier alpha value is -1.54. The highest BCUT2D eigenvalue weighted by Crippen LogP contribution is 2.31. The molecule has 2 saturated heterocycles. The number of hydroxylamine groups is 1. The molecule has 1 aliphatic carbocycles. The van der Waals surface area contributed by atoms with Crippen molar-refractivity contribution >= 4 is 5.91 Å². The summed E-state index contributed by atoms with van der Waals surface area (Å²) in [7, 11) is 0. The number of halogens is 1. The number of benzene rings is 1. The SMILES string of the molecule is O=C(NC1CNN(Cc2cccc(F)c2)C1)C1CC(C2CCCCC2)ON1. The average molecular weight is 376 g/mol. The van der Waals surface area contributed by atoms with Crippen LogP contribution in [-0.2, 0) is 16.2 Å². The predicted octanol–water partition coefficient (Wildman–Crippen LogP) is 1.87. The first kappa shape index (κ1) is 18.8. The van der Waals surface area contributed by atoms with Gasteiger partial charge in [0, 0.05) is 26.1 Å². The second-order valence-corrected chi connectivity index (χ2v) is 8.04. The number of carbonyl (C=O) groups is 1. The molecular weight excluding hydrogens is 347 g/mol. The molecule has 3 N–H and O–H groups in total. The summed E-state index contributed by atoms with van der Waals surface area (Å²) >= 11 is 0. The zero-order valence-corrected chi connectivity index (χ0v) is 15.6. The second kappa shape index (κ2) is 8.65. The molecule has 3 unspecified atom stereocenters. The van der Waals surface area contributed by atoms with E-state index >= 15 is 0 Å². The van der Waals surface area contributed by atoms with Crippen LogP contribution in [0.1, 0.15) is 44.1 Å². The molecule has 7 heteroatoms. The smallest absolute Gasteiger partial charge is 0.239 e. The summed E-state index contributed by atoms with van der Waals surface area (Å²) in [5.41, 5.74) is 7.14. The van der Waals surface area contributed by atoms with Crippen LogP contribution in [0.4, 0.5) is 4.39 Å². The minimum atomic E-state index is -0.269. The first-order valence-electron chi connectivity index (χ1n) is 10.1. The zero-order chi connectivity index (χ0) is 18.6. The van der Waals surface area contributed by atoms with E-state index in [2.05, 4.69) is 16.2 Å². The summed E-state index contributed by atoms with van der Waals surface area (Å²) in [4.78, 5) is 18.3. The number of nitrogens with one attached hydrogen (secondary N) is 3. The molecule has 1 amide bonds. The van der Waals surface area contributed by atoms with Crippen molar-refractivity contribution in [3.63, 3.8) is 0 Å². The molecule has 2 heterocycles. The Morgan fingerprint density at radius 3 is 2.96 bits per heavy atom. The summed E-state index contributed by atoms with van der Waals surface area (Å²) < 4.78 is 13.3. The third kappa shape index (κ3) is 4.85. The molecule has 3 aliphatic rings. The highest BCUT2D eigenvalue weighted by molar-refractivity contribution is 5.82. The number of amides is 1. The van der Waals surface area contributed by atoms with Gasteiger partial charge in [0.25, 0.3) is 0 Å². The molecule has 3 atom stereocenters. The highest BCUT2D eigenvalue weighted by atomic mass is 19.1. The van der Waals surface area contributed by atoms with Gasteiger partial charge in [0.05, 0.1) is 12.1 Å². The molecule has 0 aromatic heterocycles. The number of hydrogen-bond donors (Lipinski definition) is 3. The molecule has 0 radical (unpaired) electrons. The van der Waals surface area contributed by atoms with E-state index in [0.29, 0.717) is 25.6 Å². The summed E-state index contributed by atoms with van der Waals surface area (Å²) in [6, 6.07) is 6.38. The fourth-order valence-electron chi connectivity index (χ4n) is 4.46. The fraction of sp³-hybridized carbons (Fsp3) is 0.650. The van der Waals surface area contributed by atoms with Crippen molar-refractivity contribution in [1.29, 1.82) is 0 Å². The molecule has 3 fully saturated rings. The third-order valence-electron chi connectivity index (χ3n) is 5.93. The lowest BCUT2D eigenvalue weighted by atomic mass is 9.83. The third-order valence-corrected chi connectivity index (χ3v) is 5.93. The molecule has 1 aromatic carbocycles. The largest absolute Gasteiger partial charge is 0.349 e. The van der Waals surface area contributed by atoms with Gasteiger partial charge in [0.15, 0.2) is 0 Å². The Morgan fingerprint density at radius 2 is 2.15 bits per heavy atom. The zero-order valence-electron chi connectivity index (χ0n) is 15.6. The Bertz CT molecular complexity index is 653. The lowest BCUT2D eigenvalue weighted by Crippen LogP contribution is -2.46. The second-order valence-electron chi connectivity index (χ2n) is 8.04. The number of rotatable bonds is 5. The molecule has 4 rings (SSSR count). The standard InChI is InChI=1S/C20H29FN4O2/c21-16-8-4-5-14(9-16)12-25-13-17(11-22-25)23-20(26)18-10-19(27-24-18)15-6-2-1-3-7-15/h4-5,8-9,15,17-19,22,24H,1-3,6-7,10-13H2,(H,23,26). The molecule has 1 saturated carbocycles. The van der Waals surface area contributed by atoms with Gasteiger partial charge in [-0.3, -0.25) is 15.1 Å². The van der Waals surface area contributed by atoms with Crippen LogP contribution in [0.2, 0.25) is 0 Å². The van der Waals surface area contributed by atoms with E-state index in [9.17, 15) is 9.18 Å². The van der Waals surface area contributed by atoms with E-state index in [4.69, 9.17) is 4.84 Å². The summed E-state index contributed by atoms with van der Waals surface area (Å²) in [6.07, 6.45) is 7.20. The van der Waals surface area contributed by atoms with Crippen LogP contribution in [-0.4, -0.2) is 42.2 Å². The van der Waals surface area contributed by atoms with Gasteiger partial charge in [-0.25, -0.2) is 9.40 Å². The number of hydrogen-bond acceptors (Lipinski definition) is 5. The van der Waals surface area contributed by atoms with E-state index in [1.165, 1.54) is 38.2 Å². The highest BCUT2D eigenvalue weighted by Gasteiger charge is 2.37. The monoisotopic (exact) mass is 376 g/mol. The average Bonchev–Trinajstić information content (AvgIpc) is 3.32. The quantitative estimate of drug-likeness (QED) is 0.732. The van der Waals surface area contributed by atoms with Crippen molar-refractivity contribution in [1.82, 2.24) is 21.2 Å². The molecule has 148 valence electrons. The molecule has 0 bridgehead atoms. The van der Waals surface area contributed by atoms with Crippen LogP contribution in [0.15, 0.2) is 24.3 Å². The van der Waals surface area contributed by atoms with E-state index in [-0.39, 0.29) is 29.9 Å². The van der Waals surface area contributed by atoms with E-state index in [0.717, 1.165) is 12.0 Å². The minimum Gasteiger partial charge on any atom is -0.349 e. The maximum atomic E-state index is 13.3. The van der Waals surface area contributed by atoms with Gasteiger partial charge in [-0.2, -0.15) is 5.48 Å². The summed E-state index contributed by atoms with van der Waals surface area (Å²) in [5.74, 6) is 0.364. The lowest BCUT2D eigenvalue weighted by molar-refractivity contribution is -0.125. The van der Waals surface area contributed by atoms with E-state index in [1.807, 2.05) is 11.1 Å². The number of carbonyl (C=O) groups excluding carboxylic acids is 1. The normalized spacial score (nSPS) is 29.9. The fourth-order valence-corrected chi connectivity index (χ4v) is 4.46. The molecule has 0 spiro atoms. The van der Waals surface area contributed by atoms with Crippen LogP contribution in [0.3, 0.4) is 0 Å². The minimum absolute atomic E-state index is 0.00714. The predicted molar refractivity (Wildman–Crippen MR) is 99.7 cm³/mol. The number of hydrazine groups is 1. The van der Waals surface area contributed by atoms with Crippen molar-refractivity contribution in [2.24, 2.45) is 5.92 Å². The van der Waals surface area contributed by atoms with Gasteiger partial charge < -0.3 is 5.32 Å². The Labute approximate surface area is 159 Å². The van der Waals surface area contributed by atoms with Gasteiger partial charge in [-0.05, 0) is 36.5 Å². The lowest BCUT2D eigenvalue weighted by Gasteiger charge is -2.25. The maximum absolute atomic E-state index is 13.3. The Morgan fingerprint density at radius 1 is 1.30 bits per heavy atom. The van der Waals surface area contributed by atoms with Crippen LogP contribution < -0.4 is 16.2 Å². The maximum Gasteiger partial charge on any atom is 0.239 e. The first-order valence-corrected chi connectivity index (χ1v) is 10.1. The van der Waals surface area contributed by atoms with Crippen LogP contribution >= 0.6 is 0 Å². The van der Waals surface area contributed by atoms with E-state index < -0.39 is 0 Å². The van der Waals surface area contributed by atoms with Crippen LogP contribution in [0.25, 0.3) is 0 Å². The van der Waals surface area contributed by atoms with Crippen molar-refractivity contribution < 1.29 is 14.0 Å². The molecule has 1 aromatic rings. The Kier molecular flexibility index (Phi) is 6.02. The van der Waals surface area contributed by atoms with Gasteiger partial charge in [0.2, 0.25) is 5.91 Å². The molecule has 2 aliphatic heterocycles. The van der Waals surface area contributed by atoms with Crippen LogP contribution in [0, 0.1) is 11.7 Å². The Balaban J connectivity index is 1.22. The number of nitrogens with zero attached hydrogens (tertiary/aromatic N) is 1. The molecule has 27 heavy (non-hydrogen) atoms. The van der Waals surface area contributed by atoms with E-state index in [1.54, 1.807) is 12.1 Å². The van der Waals surface area contributed by atoms with Gasteiger partial charge >= 0.3 is 0 Å². The van der Waals surface area contributed by atoms with Crippen molar-refractivity contribution in [2.75, 3.05) is 13.1 Å². The molecular formula is C20H29FN4O2. The van der Waals surface area contributed by atoms with Gasteiger partial charge in [0.1, 0.15) is 11.9 Å². The summed E-state index contributed by atoms with van der Waals surface area (Å²) in [5, 5.41) is 5.13. The van der Waals surface area contributed by atoms with Gasteiger partial charge in [-0.15, -0.1) is 0 Å². The van der Waals surface area contributed by atoms with Crippen molar-refractivity contribution in [2.45, 2.75) is 63.3 Å². The molecule has 6 nitrogen and oxygen atoms in total. The van der Waals surface area contributed by atoms with Crippen molar-refractivity contribution in [3.8, 4) is 0 Å².